The Morgan fingerprint density at radius 1 is 1.12 bits per heavy atom. The molecule has 5 heteroatoms. The van der Waals surface area contributed by atoms with Gasteiger partial charge in [0.15, 0.2) is 5.79 Å². The van der Waals surface area contributed by atoms with Crippen molar-refractivity contribution in [1.29, 1.82) is 0 Å². The van der Waals surface area contributed by atoms with Gasteiger partial charge in [0.05, 0.1) is 5.52 Å². The van der Waals surface area contributed by atoms with Crippen LogP contribution in [0.15, 0.2) is 22.6 Å². The number of aryl methyl sites for hydroxylation is 1. The lowest BCUT2D eigenvalue weighted by atomic mass is 9.83. The van der Waals surface area contributed by atoms with Gasteiger partial charge in [0, 0.05) is 5.39 Å². The number of nitrogens with zero attached hydrogens (tertiary/aromatic N) is 3. The summed E-state index contributed by atoms with van der Waals surface area (Å²) in [5.41, 5.74) is 5.80. The van der Waals surface area contributed by atoms with Crippen molar-refractivity contribution in [2.24, 2.45) is 0 Å². The standard InChI is InChI=1S/C19H22BN3O/c1-10-7-15(17-22-23-18(20)24-17)21-16-13(10)8-12(11-5-6-11)9-14(16)19(2,3)4/h7-9,11H,5-6,20H2,1-4H3. The van der Waals surface area contributed by atoms with Crippen LogP contribution in [0.2, 0.25) is 0 Å². The third-order valence-corrected chi connectivity index (χ3v) is 4.74. The van der Waals surface area contributed by atoms with Crippen LogP contribution in [0.5, 0.6) is 0 Å². The number of hydrogen-bond donors (Lipinski definition) is 0. The van der Waals surface area contributed by atoms with E-state index in [1.54, 1.807) is 7.85 Å². The molecule has 122 valence electrons. The zero-order chi connectivity index (χ0) is 17.1. The number of hydrogen-bond acceptors (Lipinski definition) is 4. The van der Waals surface area contributed by atoms with Crippen LogP contribution in [-0.2, 0) is 5.41 Å². The summed E-state index contributed by atoms with van der Waals surface area (Å²) in [6.07, 6.45) is 2.61. The Balaban J connectivity index is 2.00. The average Bonchev–Trinajstić information content (AvgIpc) is 3.27. The molecule has 2 heterocycles. The highest BCUT2D eigenvalue weighted by Crippen LogP contribution is 2.43. The lowest BCUT2D eigenvalue weighted by Crippen LogP contribution is -2.13. The Morgan fingerprint density at radius 2 is 1.88 bits per heavy atom. The first-order chi connectivity index (χ1) is 11.3. The van der Waals surface area contributed by atoms with E-state index < -0.39 is 0 Å². The Labute approximate surface area is 143 Å². The molecular weight excluding hydrogens is 297 g/mol. The van der Waals surface area contributed by atoms with Crippen LogP contribution in [0.25, 0.3) is 22.5 Å². The van der Waals surface area contributed by atoms with E-state index in [-0.39, 0.29) is 5.41 Å². The predicted octanol–water partition coefficient (Wildman–Crippen LogP) is 3.03. The normalized spacial score (nSPS) is 15.2. The molecule has 0 saturated heterocycles. The Hall–Kier alpha value is -2.17. The molecule has 0 aliphatic heterocycles. The van der Waals surface area contributed by atoms with Crippen molar-refractivity contribution < 1.29 is 4.42 Å². The second-order valence-corrected chi connectivity index (χ2v) is 7.94. The zero-order valence-electron chi connectivity index (χ0n) is 15.0. The van der Waals surface area contributed by atoms with E-state index in [1.165, 1.54) is 34.9 Å². The molecule has 3 aromatic rings. The van der Waals surface area contributed by atoms with E-state index in [9.17, 15) is 0 Å². The van der Waals surface area contributed by atoms with Crippen LogP contribution < -0.4 is 5.79 Å². The summed E-state index contributed by atoms with van der Waals surface area (Å²) in [5, 5.41) is 9.31. The molecule has 24 heavy (non-hydrogen) atoms. The van der Waals surface area contributed by atoms with E-state index in [4.69, 9.17) is 9.40 Å². The smallest absolute Gasteiger partial charge is 0.265 e. The molecule has 4 nitrogen and oxygen atoms in total. The summed E-state index contributed by atoms with van der Waals surface area (Å²) in [6.45, 7) is 8.89. The average molecular weight is 319 g/mol. The quantitative estimate of drug-likeness (QED) is 0.681. The van der Waals surface area contributed by atoms with Crippen molar-refractivity contribution in [2.45, 2.75) is 51.9 Å². The van der Waals surface area contributed by atoms with Gasteiger partial charge in [-0.05, 0) is 59.9 Å². The molecule has 1 fully saturated rings. The van der Waals surface area contributed by atoms with Gasteiger partial charge < -0.3 is 4.42 Å². The van der Waals surface area contributed by atoms with Gasteiger partial charge in [0.2, 0.25) is 7.85 Å². The monoisotopic (exact) mass is 319 g/mol. The van der Waals surface area contributed by atoms with Gasteiger partial charge in [-0.3, -0.25) is 0 Å². The fraction of sp³-hybridized carbons (Fsp3) is 0.421. The highest BCUT2D eigenvalue weighted by atomic mass is 16.4. The fourth-order valence-electron chi connectivity index (χ4n) is 3.25. The molecule has 0 bridgehead atoms. The number of benzene rings is 1. The van der Waals surface area contributed by atoms with Gasteiger partial charge in [-0.1, -0.05) is 26.8 Å². The SMILES string of the molecule is Bc1nnc(-c2cc(C)c3cc(C4CC4)cc(C(C)(C)C)c3n2)o1. The highest BCUT2D eigenvalue weighted by molar-refractivity contribution is 6.28. The molecule has 0 radical (unpaired) electrons. The van der Waals surface area contributed by atoms with Gasteiger partial charge in [-0.2, -0.15) is 0 Å². The third kappa shape index (κ3) is 2.62. The summed E-state index contributed by atoms with van der Waals surface area (Å²) in [5.74, 6) is 1.78. The maximum atomic E-state index is 5.59. The Morgan fingerprint density at radius 3 is 2.46 bits per heavy atom. The molecule has 0 spiro atoms. The highest BCUT2D eigenvalue weighted by Gasteiger charge is 2.28. The van der Waals surface area contributed by atoms with Crippen molar-refractivity contribution in [1.82, 2.24) is 15.2 Å². The van der Waals surface area contributed by atoms with Crippen molar-refractivity contribution in [3.8, 4) is 11.6 Å². The Kier molecular flexibility index (Phi) is 3.31. The van der Waals surface area contributed by atoms with Crippen molar-refractivity contribution in [2.75, 3.05) is 0 Å². The molecule has 4 rings (SSSR count). The van der Waals surface area contributed by atoms with E-state index in [0.717, 1.165) is 17.1 Å². The molecule has 1 aliphatic carbocycles. The molecule has 2 aromatic heterocycles. The molecule has 0 N–H and O–H groups in total. The second-order valence-electron chi connectivity index (χ2n) is 7.94. The molecule has 0 unspecified atom stereocenters. The first kappa shape index (κ1) is 15.4. The maximum Gasteiger partial charge on any atom is 0.265 e. The summed E-state index contributed by atoms with van der Waals surface area (Å²) < 4.78 is 5.59. The van der Waals surface area contributed by atoms with Crippen molar-refractivity contribution >= 4 is 24.5 Å². The molecule has 1 aromatic carbocycles. The summed E-state index contributed by atoms with van der Waals surface area (Å²) in [4.78, 5) is 4.91. The summed E-state index contributed by atoms with van der Waals surface area (Å²) in [7, 11) is 1.80. The topological polar surface area (TPSA) is 51.8 Å². The number of pyridine rings is 1. The van der Waals surface area contributed by atoms with E-state index >= 15 is 0 Å². The van der Waals surface area contributed by atoms with E-state index in [2.05, 4.69) is 56.1 Å². The minimum absolute atomic E-state index is 0.0337. The fourth-order valence-corrected chi connectivity index (χ4v) is 3.25. The number of aromatic nitrogens is 3. The first-order valence-electron chi connectivity index (χ1n) is 8.59. The minimum atomic E-state index is 0.0337. The van der Waals surface area contributed by atoms with Crippen LogP contribution in [0.3, 0.4) is 0 Å². The van der Waals surface area contributed by atoms with Crippen molar-refractivity contribution in [3.63, 3.8) is 0 Å². The predicted molar refractivity (Wildman–Crippen MR) is 98.6 cm³/mol. The largest absolute Gasteiger partial charge is 0.431 e. The molecule has 0 amide bonds. The van der Waals surface area contributed by atoms with E-state index in [0.29, 0.717) is 11.7 Å². The molecule has 1 saturated carbocycles. The van der Waals surface area contributed by atoms with Crippen LogP contribution >= 0.6 is 0 Å². The minimum Gasteiger partial charge on any atom is -0.431 e. The van der Waals surface area contributed by atoms with Crippen LogP contribution in [-0.4, -0.2) is 23.0 Å². The van der Waals surface area contributed by atoms with Gasteiger partial charge in [-0.15, -0.1) is 10.2 Å². The lowest BCUT2D eigenvalue weighted by molar-refractivity contribution is 0.592. The van der Waals surface area contributed by atoms with Gasteiger partial charge in [0.1, 0.15) is 5.69 Å². The van der Waals surface area contributed by atoms with Crippen LogP contribution in [0, 0.1) is 6.92 Å². The summed E-state index contributed by atoms with van der Waals surface area (Å²) in [6, 6.07) is 6.74. The second kappa shape index (κ2) is 5.17. The van der Waals surface area contributed by atoms with Crippen molar-refractivity contribution in [3.05, 3.63) is 34.9 Å². The Bertz CT molecular complexity index is 936. The van der Waals surface area contributed by atoms with Gasteiger partial charge >= 0.3 is 0 Å². The lowest BCUT2D eigenvalue weighted by Gasteiger charge is -2.23. The van der Waals surface area contributed by atoms with Gasteiger partial charge in [0.25, 0.3) is 5.89 Å². The number of fused-ring (bicyclic) bond motifs is 1. The van der Waals surface area contributed by atoms with Crippen LogP contribution in [0.4, 0.5) is 0 Å². The zero-order valence-corrected chi connectivity index (χ0v) is 15.0. The summed E-state index contributed by atoms with van der Waals surface area (Å²) >= 11 is 0. The maximum absolute atomic E-state index is 5.59. The molecular formula is C19H22BN3O. The third-order valence-electron chi connectivity index (χ3n) is 4.74. The molecule has 0 atom stereocenters. The first-order valence-corrected chi connectivity index (χ1v) is 8.59. The van der Waals surface area contributed by atoms with E-state index in [1.807, 2.05) is 0 Å². The number of rotatable bonds is 2. The van der Waals surface area contributed by atoms with Gasteiger partial charge in [-0.25, -0.2) is 4.98 Å². The van der Waals surface area contributed by atoms with Crippen LogP contribution in [0.1, 0.15) is 56.2 Å². The molecule has 1 aliphatic rings.